The second kappa shape index (κ2) is 7.19. The molecule has 0 aliphatic carbocycles. The van der Waals surface area contributed by atoms with Crippen molar-refractivity contribution in [1.82, 2.24) is 5.32 Å². The van der Waals surface area contributed by atoms with Crippen LogP contribution in [-0.2, 0) is 14.4 Å². The van der Waals surface area contributed by atoms with Gasteiger partial charge in [-0.1, -0.05) is 0 Å². The molecule has 16 heavy (non-hydrogen) atoms. The first kappa shape index (κ1) is 14.9. The van der Waals surface area contributed by atoms with Crippen LogP contribution in [0.2, 0.25) is 0 Å². The first-order valence-corrected chi connectivity index (χ1v) is 5.28. The summed E-state index contributed by atoms with van der Waals surface area (Å²) in [5.74, 6) is -2.03. The number of Topliss-reactive ketones (excluding diaryl/α,β-unsaturated/α-hetero) is 1. The van der Waals surface area contributed by atoms with Crippen molar-refractivity contribution in [2.75, 3.05) is 5.88 Å². The van der Waals surface area contributed by atoms with Crippen LogP contribution in [0.15, 0.2) is 0 Å². The Morgan fingerprint density at radius 1 is 1.44 bits per heavy atom. The summed E-state index contributed by atoms with van der Waals surface area (Å²) in [5, 5.41) is 10.9. The Labute approximate surface area is 98.1 Å². The van der Waals surface area contributed by atoms with Crippen LogP contribution >= 0.6 is 11.6 Å². The van der Waals surface area contributed by atoms with Crippen LogP contribution in [0.25, 0.3) is 0 Å². The molecular weight excluding hydrogens is 236 g/mol. The third-order valence-corrected chi connectivity index (χ3v) is 2.26. The summed E-state index contributed by atoms with van der Waals surface area (Å²) in [4.78, 5) is 32.6. The minimum absolute atomic E-state index is 0.0307. The molecule has 0 aromatic heterocycles. The molecule has 1 unspecified atom stereocenters. The maximum absolute atomic E-state index is 11.2. The number of ketones is 1. The van der Waals surface area contributed by atoms with E-state index in [1.54, 1.807) is 0 Å². The Morgan fingerprint density at radius 3 is 2.44 bits per heavy atom. The zero-order valence-electron chi connectivity index (χ0n) is 8.90. The molecule has 4 N–H and O–H groups in total. The van der Waals surface area contributed by atoms with Gasteiger partial charge < -0.3 is 16.2 Å². The highest BCUT2D eigenvalue weighted by Crippen LogP contribution is 1.96. The molecule has 0 aliphatic heterocycles. The lowest BCUT2D eigenvalue weighted by molar-refractivity contribution is -0.138. The molecule has 0 radical (unpaired) electrons. The molecule has 0 saturated heterocycles. The highest BCUT2D eigenvalue weighted by Gasteiger charge is 2.17. The molecule has 0 rings (SSSR count). The van der Waals surface area contributed by atoms with Crippen molar-refractivity contribution < 1.29 is 19.5 Å². The van der Waals surface area contributed by atoms with Gasteiger partial charge >= 0.3 is 5.97 Å². The smallest absolute Gasteiger partial charge is 0.320 e. The van der Waals surface area contributed by atoms with Crippen LogP contribution in [0.3, 0.4) is 0 Å². The highest BCUT2D eigenvalue weighted by molar-refractivity contribution is 6.28. The summed E-state index contributed by atoms with van der Waals surface area (Å²) in [6.45, 7) is 1.51. The zero-order chi connectivity index (χ0) is 12.7. The molecule has 92 valence electrons. The van der Waals surface area contributed by atoms with Gasteiger partial charge in [0.25, 0.3) is 0 Å². The predicted octanol–water partition coefficient (Wildman–Crippen LogP) is -0.509. The number of amides is 1. The number of aliphatic carboxylic acids is 1. The number of alkyl halides is 1. The fourth-order valence-corrected chi connectivity index (χ4v) is 1.15. The van der Waals surface area contributed by atoms with E-state index < -0.39 is 24.0 Å². The third kappa shape index (κ3) is 5.67. The molecule has 7 heteroatoms. The quantitative estimate of drug-likeness (QED) is 0.527. The van der Waals surface area contributed by atoms with Gasteiger partial charge in [0.05, 0.1) is 11.9 Å². The number of rotatable bonds is 7. The van der Waals surface area contributed by atoms with Crippen molar-refractivity contribution in [3.8, 4) is 0 Å². The van der Waals surface area contributed by atoms with E-state index in [1.807, 2.05) is 0 Å². The highest BCUT2D eigenvalue weighted by atomic mass is 35.5. The van der Waals surface area contributed by atoms with Gasteiger partial charge in [0, 0.05) is 6.42 Å². The van der Waals surface area contributed by atoms with Gasteiger partial charge in [0.15, 0.2) is 5.78 Å². The average molecular weight is 251 g/mol. The summed E-state index contributed by atoms with van der Waals surface area (Å²) in [7, 11) is 0. The molecule has 6 nitrogen and oxygen atoms in total. The topological polar surface area (TPSA) is 109 Å². The van der Waals surface area contributed by atoms with Crippen LogP contribution in [-0.4, -0.2) is 40.7 Å². The fourth-order valence-electron chi connectivity index (χ4n) is 0.920. The van der Waals surface area contributed by atoms with Crippen LogP contribution in [0.1, 0.15) is 19.8 Å². The van der Waals surface area contributed by atoms with E-state index >= 15 is 0 Å². The SMILES string of the molecule is CC(NC(=O)CC[C@H](N)C(=O)O)C(=O)CCl. The van der Waals surface area contributed by atoms with E-state index in [0.29, 0.717) is 0 Å². The number of carbonyl (C=O) groups excluding carboxylic acids is 2. The van der Waals surface area contributed by atoms with E-state index in [2.05, 4.69) is 5.32 Å². The lowest BCUT2D eigenvalue weighted by Gasteiger charge is -2.12. The molecule has 0 fully saturated rings. The summed E-state index contributed by atoms with van der Waals surface area (Å²) >= 11 is 5.30. The van der Waals surface area contributed by atoms with Gasteiger partial charge in [-0.05, 0) is 13.3 Å². The average Bonchev–Trinajstić information content (AvgIpc) is 2.24. The van der Waals surface area contributed by atoms with Crippen molar-refractivity contribution in [3.05, 3.63) is 0 Å². The second-order valence-electron chi connectivity index (χ2n) is 3.37. The summed E-state index contributed by atoms with van der Waals surface area (Å²) in [6, 6.07) is -1.73. The molecule has 0 heterocycles. The molecule has 1 amide bonds. The fraction of sp³-hybridized carbons (Fsp3) is 0.667. The first-order chi connectivity index (χ1) is 7.38. The van der Waals surface area contributed by atoms with Crippen molar-refractivity contribution in [1.29, 1.82) is 0 Å². The number of nitrogens with two attached hydrogens (primary N) is 1. The maximum Gasteiger partial charge on any atom is 0.320 e. The largest absolute Gasteiger partial charge is 0.480 e. The number of hydrogen-bond acceptors (Lipinski definition) is 4. The van der Waals surface area contributed by atoms with Crippen molar-refractivity contribution in [2.24, 2.45) is 5.73 Å². The van der Waals surface area contributed by atoms with Crippen LogP contribution in [0, 0.1) is 0 Å². The molecule has 2 atom stereocenters. The van der Waals surface area contributed by atoms with Gasteiger partial charge in [0.1, 0.15) is 6.04 Å². The van der Waals surface area contributed by atoms with E-state index in [4.69, 9.17) is 22.4 Å². The lowest BCUT2D eigenvalue weighted by Crippen LogP contribution is -2.40. The van der Waals surface area contributed by atoms with E-state index in [0.717, 1.165) is 0 Å². The van der Waals surface area contributed by atoms with Crippen molar-refractivity contribution >= 4 is 29.3 Å². The first-order valence-electron chi connectivity index (χ1n) is 4.75. The third-order valence-electron chi connectivity index (χ3n) is 1.99. The normalized spacial score (nSPS) is 13.9. The minimum atomic E-state index is -1.15. The molecular formula is C9H15ClN2O4. The Hall–Kier alpha value is -1.14. The number of halogens is 1. The summed E-state index contributed by atoms with van der Waals surface area (Å²) < 4.78 is 0. The molecule has 0 spiro atoms. The molecule has 0 aromatic carbocycles. The molecule has 0 bridgehead atoms. The zero-order valence-corrected chi connectivity index (χ0v) is 9.66. The van der Waals surface area contributed by atoms with E-state index in [-0.39, 0.29) is 24.5 Å². The van der Waals surface area contributed by atoms with Gasteiger partial charge in [-0.25, -0.2) is 0 Å². The minimum Gasteiger partial charge on any atom is -0.480 e. The van der Waals surface area contributed by atoms with Crippen LogP contribution in [0.5, 0.6) is 0 Å². The molecule has 0 aliphatic rings. The van der Waals surface area contributed by atoms with Crippen molar-refractivity contribution in [2.45, 2.75) is 31.8 Å². The van der Waals surface area contributed by atoms with Gasteiger partial charge in [0.2, 0.25) is 5.91 Å². The lowest BCUT2D eigenvalue weighted by atomic mass is 10.1. The Balaban J connectivity index is 3.91. The molecule has 0 saturated carbocycles. The number of hydrogen-bond donors (Lipinski definition) is 3. The number of carbonyl (C=O) groups is 3. The standard InChI is InChI=1S/C9H15ClN2O4/c1-5(7(13)4-10)12-8(14)3-2-6(11)9(15)16/h5-6H,2-4,11H2,1H3,(H,12,14)(H,15,16)/t5?,6-/m0/s1. The Kier molecular flexibility index (Phi) is 6.67. The summed E-state index contributed by atoms with van der Waals surface area (Å²) in [5.41, 5.74) is 5.21. The van der Waals surface area contributed by atoms with Crippen molar-refractivity contribution in [3.63, 3.8) is 0 Å². The van der Waals surface area contributed by atoms with E-state index in [9.17, 15) is 14.4 Å². The second-order valence-corrected chi connectivity index (χ2v) is 3.64. The van der Waals surface area contributed by atoms with Gasteiger partial charge in [-0.3, -0.25) is 14.4 Å². The Morgan fingerprint density at radius 2 is 2.00 bits per heavy atom. The predicted molar refractivity (Wildman–Crippen MR) is 58.2 cm³/mol. The Bertz CT molecular complexity index is 283. The molecule has 0 aromatic rings. The monoisotopic (exact) mass is 250 g/mol. The van der Waals surface area contributed by atoms with E-state index in [1.165, 1.54) is 6.92 Å². The number of carboxylic acid groups (broad SMARTS) is 1. The van der Waals surface area contributed by atoms with Gasteiger partial charge in [-0.2, -0.15) is 0 Å². The number of nitrogens with one attached hydrogen (secondary N) is 1. The summed E-state index contributed by atoms with van der Waals surface area (Å²) in [6.07, 6.45) is -0.00365. The maximum atomic E-state index is 11.2. The number of carboxylic acids is 1. The van der Waals surface area contributed by atoms with Crippen LogP contribution < -0.4 is 11.1 Å². The van der Waals surface area contributed by atoms with Gasteiger partial charge in [-0.15, -0.1) is 11.6 Å². The van der Waals surface area contributed by atoms with Crippen LogP contribution in [0.4, 0.5) is 0 Å².